The fourth-order valence-electron chi connectivity index (χ4n) is 2.43. The van der Waals surface area contributed by atoms with Gasteiger partial charge in [0.2, 0.25) is 11.7 Å². The van der Waals surface area contributed by atoms with Crippen LogP contribution in [0.15, 0.2) is 41.0 Å². The monoisotopic (exact) mass is 329 g/mol. The number of rotatable bonds is 5. The molecule has 24 heavy (non-hydrogen) atoms. The van der Waals surface area contributed by atoms with Gasteiger partial charge in [-0.05, 0) is 42.8 Å². The van der Waals surface area contributed by atoms with Gasteiger partial charge in [-0.25, -0.2) is 0 Å². The number of carbonyl (C=O) groups is 1. The molecule has 1 atom stereocenters. The fourth-order valence-corrected chi connectivity index (χ4v) is 2.43. The number of hydrogen-bond donors (Lipinski definition) is 1. The van der Waals surface area contributed by atoms with Gasteiger partial charge in [-0.2, -0.15) is 0 Å². The summed E-state index contributed by atoms with van der Waals surface area (Å²) in [6, 6.07) is 7.02. The van der Waals surface area contributed by atoms with Crippen LogP contribution in [0.4, 0.5) is 0 Å². The van der Waals surface area contributed by atoms with Gasteiger partial charge in [0.05, 0.1) is 19.4 Å². The second-order valence-corrected chi connectivity index (χ2v) is 5.33. The van der Waals surface area contributed by atoms with Gasteiger partial charge >= 0.3 is 0 Å². The maximum absolute atomic E-state index is 12.0. The standard InChI is InChI=1S/C18H19NO5/c1-12(14-4-3-7-22-14)19-17(20)6-5-13-10-15(21-2)18-16(11-13)23-8-9-24-18/h3-7,10-12H,8-9H2,1-2H3,(H,19,20)/b6-5+/t12-/m0/s1. The highest BCUT2D eigenvalue weighted by Crippen LogP contribution is 2.40. The summed E-state index contributed by atoms with van der Waals surface area (Å²) >= 11 is 0. The summed E-state index contributed by atoms with van der Waals surface area (Å²) in [6.45, 7) is 2.84. The minimum Gasteiger partial charge on any atom is -0.493 e. The molecule has 0 saturated carbocycles. The van der Waals surface area contributed by atoms with E-state index in [-0.39, 0.29) is 11.9 Å². The Morgan fingerprint density at radius 3 is 2.92 bits per heavy atom. The molecule has 6 nitrogen and oxygen atoms in total. The Morgan fingerprint density at radius 1 is 1.33 bits per heavy atom. The van der Waals surface area contributed by atoms with Gasteiger partial charge in [-0.3, -0.25) is 4.79 Å². The largest absolute Gasteiger partial charge is 0.493 e. The lowest BCUT2D eigenvalue weighted by atomic mass is 10.1. The summed E-state index contributed by atoms with van der Waals surface area (Å²) in [5, 5.41) is 2.84. The van der Waals surface area contributed by atoms with Crippen molar-refractivity contribution in [2.45, 2.75) is 13.0 Å². The smallest absolute Gasteiger partial charge is 0.244 e. The summed E-state index contributed by atoms with van der Waals surface area (Å²) in [6.07, 6.45) is 4.74. The molecule has 1 aromatic heterocycles. The van der Waals surface area contributed by atoms with Gasteiger partial charge in [-0.1, -0.05) is 0 Å². The number of amides is 1. The predicted octanol–water partition coefficient (Wildman–Crippen LogP) is 2.95. The van der Waals surface area contributed by atoms with Crippen molar-refractivity contribution >= 4 is 12.0 Å². The average molecular weight is 329 g/mol. The molecule has 0 aliphatic carbocycles. The van der Waals surface area contributed by atoms with E-state index < -0.39 is 0 Å². The van der Waals surface area contributed by atoms with Crippen LogP contribution in [0.3, 0.4) is 0 Å². The summed E-state index contributed by atoms with van der Waals surface area (Å²) in [5.74, 6) is 2.28. The molecule has 0 bridgehead atoms. The molecule has 1 aliphatic rings. The molecule has 1 N–H and O–H groups in total. The zero-order chi connectivity index (χ0) is 16.9. The van der Waals surface area contributed by atoms with Crippen LogP contribution in [-0.4, -0.2) is 26.2 Å². The molecule has 6 heteroatoms. The van der Waals surface area contributed by atoms with Crippen LogP contribution in [0.25, 0.3) is 6.08 Å². The Hall–Kier alpha value is -2.89. The van der Waals surface area contributed by atoms with E-state index in [4.69, 9.17) is 18.6 Å². The van der Waals surface area contributed by atoms with Crippen LogP contribution in [0.2, 0.25) is 0 Å². The van der Waals surface area contributed by atoms with Gasteiger partial charge in [0.1, 0.15) is 19.0 Å². The first-order valence-corrected chi connectivity index (χ1v) is 7.67. The number of ether oxygens (including phenoxy) is 3. The van der Waals surface area contributed by atoms with E-state index in [0.29, 0.717) is 36.2 Å². The summed E-state index contributed by atoms with van der Waals surface area (Å²) < 4.78 is 21.7. The van der Waals surface area contributed by atoms with E-state index in [2.05, 4.69) is 5.32 Å². The van der Waals surface area contributed by atoms with E-state index in [1.165, 1.54) is 6.08 Å². The van der Waals surface area contributed by atoms with Gasteiger partial charge in [0.15, 0.2) is 11.5 Å². The molecule has 0 unspecified atom stereocenters. The van der Waals surface area contributed by atoms with Gasteiger partial charge in [0, 0.05) is 6.08 Å². The maximum Gasteiger partial charge on any atom is 0.244 e. The van der Waals surface area contributed by atoms with Gasteiger partial charge in [-0.15, -0.1) is 0 Å². The highest BCUT2D eigenvalue weighted by molar-refractivity contribution is 5.92. The fraction of sp³-hybridized carbons (Fsp3) is 0.278. The van der Waals surface area contributed by atoms with Crippen LogP contribution in [-0.2, 0) is 4.79 Å². The molecule has 2 aromatic rings. The third-order valence-corrected chi connectivity index (χ3v) is 3.61. The Balaban J connectivity index is 1.70. The topological polar surface area (TPSA) is 69.9 Å². The number of furan rings is 1. The molecule has 0 radical (unpaired) electrons. The quantitative estimate of drug-likeness (QED) is 0.854. The lowest BCUT2D eigenvalue weighted by Crippen LogP contribution is -2.24. The van der Waals surface area contributed by atoms with E-state index in [9.17, 15) is 4.79 Å². The first-order valence-electron chi connectivity index (χ1n) is 7.67. The zero-order valence-electron chi connectivity index (χ0n) is 13.6. The Kier molecular flexibility index (Phi) is 4.74. The van der Waals surface area contributed by atoms with Crippen LogP contribution in [0, 0.1) is 0 Å². The van der Waals surface area contributed by atoms with E-state index >= 15 is 0 Å². The highest BCUT2D eigenvalue weighted by atomic mass is 16.6. The normalized spacial score (nSPS) is 14.4. The Morgan fingerprint density at radius 2 is 2.17 bits per heavy atom. The highest BCUT2D eigenvalue weighted by Gasteiger charge is 2.18. The molecular weight excluding hydrogens is 310 g/mol. The van der Waals surface area contributed by atoms with E-state index in [1.54, 1.807) is 31.6 Å². The van der Waals surface area contributed by atoms with Crippen LogP contribution >= 0.6 is 0 Å². The summed E-state index contributed by atoms with van der Waals surface area (Å²) in [5.41, 5.74) is 0.789. The molecule has 0 fully saturated rings. The van der Waals surface area contributed by atoms with Crippen molar-refractivity contribution in [1.29, 1.82) is 0 Å². The molecule has 126 valence electrons. The van der Waals surface area contributed by atoms with Gasteiger partial charge in [0.25, 0.3) is 0 Å². The molecular formula is C18H19NO5. The molecule has 0 saturated heterocycles. The number of carbonyl (C=O) groups excluding carboxylic acids is 1. The van der Waals surface area contributed by atoms with Crippen molar-refractivity contribution in [3.63, 3.8) is 0 Å². The van der Waals surface area contributed by atoms with Crippen LogP contribution in [0.5, 0.6) is 17.2 Å². The van der Waals surface area contributed by atoms with Crippen molar-refractivity contribution in [2.24, 2.45) is 0 Å². The maximum atomic E-state index is 12.0. The lowest BCUT2D eigenvalue weighted by molar-refractivity contribution is -0.117. The SMILES string of the molecule is COc1cc(/C=C/C(=O)N[C@@H](C)c2ccco2)cc2c1OCCO2. The minimum absolute atomic E-state index is 0.202. The molecule has 1 aliphatic heterocycles. The molecule has 1 aromatic carbocycles. The second-order valence-electron chi connectivity index (χ2n) is 5.33. The summed E-state index contributed by atoms with van der Waals surface area (Å²) in [4.78, 5) is 12.0. The molecule has 1 amide bonds. The molecule has 2 heterocycles. The third kappa shape index (κ3) is 3.53. The molecule has 0 spiro atoms. The van der Waals surface area contributed by atoms with E-state index in [0.717, 1.165) is 5.56 Å². The number of nitrogens with one attached hydrogen (secondary N) is 1. The Bertz CT molecular complexity index is 719. The first kappa shape index (κ1) is 16.0. The second kappa shape index (κ2) is 7.12. The third-order valence-electron chi connectivity index (χ3n) is 3.61. The number of methoxy groups -OCH3 is 1. The van der Waals surface area contributed by atoms with Crippen LogP contribution in [0.1, 0.15) is 24.3 Å². The predicted molar refractivity (Wildman–Crippen MR) is 88.3 cm³/mol. The Labute approximate surface area is 140 Å². The number of fused-ring (bicyclic) bond motifs is 1. The number of benzene rings is 1. The first-order chi connectivity index (χ1) is 11.7. The van der Waals surface area contributed by atoms with Crippen LogP contribution < -0.4 is 19.5 Å². The van der Waals surface area contributed by atoms with Crippen molar-refractivity contribution in [3.05, 3.63) is 47.9 Å². The number of hydrogen-bond acceptors (Lipinski definition) is 5. The molecule has 3 rings (SSSR count). The van der Waals surface area contributed by atoms with Crippen molar-refractivity contribution < 1.29 is 23.4 Å². The van der Waals surface area contributed by atoms with Gasteiger partial charge < -0.3 is 23.9 Å². The van der Waals surface area contributed by atoms with Crippen molar-refractivity contribution in [2.75, 3.05) is 20.3 Å². The minimum atomic E-state index is -0.215. The van der Waals surface area contributed by atoms with Crippen molar-refractivity contribution in [1.82, 2.24) is 5.32 Å². The lowest BCUT2D eigenvalue weighted by Gasteiger charge is -2.20. The van der Waals surface area contributed by atoms with E-state index in [1.807, 2.05) is 19.1 Å². The summed E-state index contributed by atoms with van der Waals surface area (Å²) in [7, 11) is 1.57. The van der Waals surface area contributed by atoms with Crippen molar-refractivity contribution in [3.8, 4) is 17.2 Å². The zero-order valence-corrected chi connectivity index (χ0v) is 13.6. The average Bonchev–Trinajstić information content (AvgIpc) is 3.14.